The summed E-state index contributed by atoms with van der Waals surface area (Å²) in [6.45, 7) is 7.81. The van der Waals surface area contributed by atoms with Crippen LogP contribution in [0.2, 0.25) is 0 Å². The quantitative estimate of drug-likeness (QED) is 0.505. The van der Waals surface area contributed by atoms with Crippen LogP contribution in [0.1, 0.15) is 65.2 Å². The zero-order valence-electron chi connectivity index (χ0n) is 12.6. The van der Waals surface area contributed by atoms with Gasteiger partial charge >= 0.3 is 0 Å². The predicted molar refractivity (Wildman–Crippen MR) is 77.4 cm³/mol. The Morgan fingerprint density at radius 1 is 1.22 bits per heavy atom. The van der Waals surface area contributed by atoms with Crippen molar-refractivity contribution in [3.63, 3.8) is 0 Å². The monoisotopic (exact) mass is 248 g/mol. The second kappa shape index (κ2) is 4.37. The normalized spacial score (nSPS) is 43.8. The van der Waals surface area contributed by atoms with Gasteiger partial charge in [0.15, 0.2) is 0 Å². The zero-order chi connectivity index (χ0) is 12.8. The maximum atomic E-state index is 2.60. The topological polar surface area (TPSA) is 0 Å². The van der Waals surface area contributed by atoms with Crippen molar-refractivity contribution in [2.24, 2.45) is 5.92 Å². The number of rotatable bonds is 2. The molecule has 0 aromatic heterocycles. The lowest BCUT2D eigenvalue weighted by Crippen LogP contribution is -2.60. The van der Waals surface area contributed by atoms with Crippen LogP contribution in [0.3, 0.4) is 0 Å². The molecule has 18 heavy (non-hydrogen) atoms. The van der Waals surface area contributed by atoms with E-state index in [9.17, 15) is 0 Å². The van der Waals surface area contributed by atoms with E-state index in [2.05, 4.69) is 20.9 Å². The Kier molecular flexibility index (Phi) is 3.09. The highest BCUT2D eigenvalue weighted by Crippen LogP contribution is 2.52. The molecule has 0 N–H and O–H groups in total. The van der Waals surface area contributed by atoms with E-state index in [0.717, 1.165) is 5.92 Å². The molecule has 0 aromatic rings. The van der Waals surface area contributed by atoms with Crippen LogP contribution in [0.25, 0.3) is 0 Å². The third-order valence-corrected chi connectivity index (χ3v) is 6.38. The van der Waals surface area contributed by atoms with Crippen molar-refractivity contribution in [3.8, 4) is 0 Å². The number of hydrogen-bond donors (Lipinski definition) is 0. The summed E-state index contributed by atoms with van der Waals surface area (Å²) in [5.74, 6) is 0.985. The molecule has 2 heterocycles. The standard InChI is InChI=1S/C17H30N/c1-4-7-14-12-17(2)16-9-6-5-8-15(16)10-11-18(17,3)13-14/h14H,4-13H2,1-3H3/q+1/t14?,17-,18?/m1/s1. The first-order valence-corrected chi connectivity index (χ1v) is 8.15. The first kappa shape index (κ1) is 12.7. The third kappa shape index (κ3) is 1.70. The molecule has 102 valence electrons. The van der Waals surface area contributed by atoms with Gasteiger partial charge in [0.2, 0.25) is 0 Å². The van der Waals surface area contributed by atoms with Gasteiger partial charge < -0.3 is 4.48 Å². The van der Waals surface area contributed by atoms with Crippen LogP contribution in [0.15, 0.2) is 11.1 Å². The average Bonchev–Trinajstić information content (AvgIpc) is 2.62. The molecule has 2 unspecified atom stereocenters. The number of likely N-dealkylation sites (N-methyl/N-ethyl adjacent to an activating group) is 1. The Balaban J connectivity index is 1.94. The fraction of sp³-hybridized carbons (Fsp3) is 0.882. The smallest absolute Gasteiger partial charge is 0.118 e. The predicted octanol–water partition coefficient (Wildman–Crippen LogP) is 4.29. The summed E-state index contributed by atoms with van der Waals surface area (Å²) in [4.78, 5) is 0. The molecule has 0 amide bonds. The van der Waals surface area contributed by atoms with E-state index in [1.54, 1.807) is 0 Å². The Labute approximate surface area is 113 Å². The van der Waals surface area contributed by atoms with E-state index in [1.807, 2.05) is 11.1 Å². The van der Waals surface area contributed by atoms with Gasteiger partial charge in [-0.2, -0.15) is 0 Å². The summed E-state index contributed by atoms with van der Waals surface area (Å²) in [6.07, 6.45) is 11.4. The molecule has 1 aliphatic carbocycles. The van der Waals surface area contributed by atoms with Crippen LogP contribution >= 0.6 is 0 Å². The number of nitrogens with zero attached hydrogens (tertiary/aromatic N) is 1. The molecular formula is C17H30N+. The average molecular weight is 248 g/mol. The number of hydrogen-bond acceptors (Lipinski definition) is 0. The van der Waals surface area contributed by atoms with E-state index in [4.69, 9.17) is 0 Å². The molecule has 0 radical (unpaired) electrons. The molecule has 3 aliphatic rings. The molecule has 0 bridgehead atoms. The lowest BCUT2D eigenvalue weighted by molar-refractivity contribution is -0.942. The molecule has 0 aromatic carbocycles. The fourth-order valence-corrected chi connectivity index (χ4v) is 5.28. The van der Waals surface area contributed by atoms with Crippen LogP contribution < -0.4 is 0 Å². The molecule has 1 nitrogen and oxygen atoms in total. The van der Waals surface area contributed by atoms with Gasteiger partial charge in [-0.3, -0.25) is 0 Å². The van der Waals surface area contributed by atoms with Crippen LogP contribution in [-0.4, -0.2) is 30.2 Å². The van der Waals surface area contributed by atoms with E-state index in [0.29, 0.717) is 5.54 Å². The van der Waals surface area contributed by atoms with Gasteiger partial charge in [0, 0.05) is 18.8 Å². The molecule has 0 spiro atoms. The number of fused-ring (bicyclic) bond motifs is 2. The SMILES string of the molecule is CCCC1C[C@]2(C)C3=C(CCCC3)CC[N+]2(C)C1. The third-order valence-electron chi connectivity index (χ3n) is 6.38. The van der Waals surface area contributed by atoms with Gasteiger partial charge in [-0.05, 0) is 44.6 Å². The Morgan fingerprint density at radius 3 is 2.78 bits per heavy atom. The Bertz CT molecular complexity index is 370. The van der Waals surface area contributed by atoms with Crippen LogP contribution in [0.4, 0.5) is 0 Å². The van der Waals surface area contributed by atoms with Crippen molar-refractivity contribution < 1.29 is 4.48 Å². The van der Waals surface area contributed by atoms with Gasteiger partial charge in [0.05, 0.1) is 20.1 Å². The van der Waals surface area contributed by atoms with Crippen molar-refractivity contribution >= 4 is 0 Å². The highest BCUT2D eigenvalue weighted by atomic mass is 15.4. The van der Waals surface area contributed by atoms with Gasteiger partial charge in [0.25, 0.3) is 0 Å². The van der Waals surface area contributed by atoms with Gasteiger partial charge in [-0.1, -0.05) is 18.9 Å². The molecule has 2 aliphatic heterocycles. The van der Waals surface area contributed by atoms with Crippen molar-refractivity contribution in [1.29, 1.82) is 0 Å². The minimum Gasteiger partial charge on any atom is -0.317 e. The second-order valence-corrected chi connectivity index (χ2v) is 7.47. The van der Waals surface area contributed by atoms with Crippen molar-refractivity contribution in [2.45, 2.75) is 70.8 Å². The fourth-order valence-electron chi connectivity index (χ4n) is 5.28. The van der Waals surface area contributed by atoms with E-state index < -0.39 is 0 Å². The molecule has 1 fully saturated rings. The maximum absolute atomic E-state index is 2.60. The van der Waals surface area contributed by atoms with Gasteiger partial charge in [-0.15, -0.1) is 0 Å². The lowest BCUT2D eigenvalue weighted by atomic mass is 9.73. The summed E-state index contributed by atoms with van der Waals surface area (Å²) in [6, 6.07) is 0. The number of quaternary nitrogens is 1. The first-order valence-electron chi connectivity index (χ1n) is 8.15. The van der Waals surface area contributed by atoms with Crippen molar-refractivity contribution in [2.75, 3.05) is 20.1 Å². The van der Waals surface area contributed by atoms with Crippen molar-refractivity contribution in [3.05, 3.63) is 11.1 Å². The second-order valence-electron chi connectivity index (χ2n) is 7.47. The largest absolute Gasteiger partial charge is 0.317 e. The van der Waals surface area contributed by atoms with Gasteiger partial charge in [-0.25, -0.2) is 0 Å². The molecule has 3 rings (SSSR count). The highest BCUT2D eigenvalue weighted by molar-refractivity contribution is 5.29. The van der Waals surface area contributed by atoms with E-state index >= 15 is 0 Å². The minimum absolute atomic E-state index is 0.508. The highest BCUT2D eigenvalue weighted by Gasteiger charge is 2.56. The van der Waals surface area contributed by atoms with Crippen molar-refractivity contribution in [1.82, 2.24) is 0 Å². The maximum Gasteiger partial charge on any atom is 0.118 e. The molecular weight excluding hydrogens is 218 g/mol. The summed E-state index contributed by atoms with van der Waals surface area (Å²) in [7, 11) is 2.55. The van der Waals surface area contributed by atoms with Gasteiger partial charge in [0.1, 0.15) is 5.54 Å². The van der Waals surface area contributed by atoms with E-state index in [-0.39, 0.29) is 0 Å². The lowest BCUT2D eigenvalue weighted by Gasteiger charge is -2.51. The first-order chi connectivity index (χ1) is 8.59. The molecule has 1 heteroatoms. The molecule has 3 atom stereocenters. The van der Waals surface area contributed by atoms with Crippen LogP contribution in [-0.2, 0) is 0 Å². The van der Waals surface area contributed by atoms with Crippen LogP contribution in [0, 0.1) is 5.92 Å². The molecule has 0 saturated carbocycles. The van der Waals surface area contributed by atoms with Crippen LogP contribution in [0.5, 0.6) is 0 Å². The molecule has 1 saturated heterocycles. The summed E-state index contributed by atoms with van der Waals surface area (Å²) >= 11 is 0. The minimum atomic E-state index is 0.508. The Hall–Kier alpha value is -0.300. The zero-order valence-corrected chi connectivity index (χ0v) is 12.6. The summed E-state index contributed by atoms with van der Waals surface area (Å²) in [5, 5.41) is 0. The van der Waals surface area contributed by atoms with E-state index in [1.165, 1.54) is 68.9 Å². The Morgan fingerprint density at radius 2 is 2.00 bits per heavy atom. The summed E-state index contributed by atoms with van der Waals surface area (Å²) < 4.78 is 1.36. The summed E-state index contributed by atoms with van der Waals surface area (Å²) in [5.41, 5.74) is 4.28.